The van der Waals surface area contributed by atoms with Crippen LogP contribution in [-0.2, 0) is 4.74 Å². The molecular weight excluding hydrogens is 306 g/mol. The lowest BCUT2D eigenvalue weighted by Crippen LogP contribution is -1.97. The van der Waals surface area contributed by atoms with E-state index in [1.165, 1.54) is 6.08 Å². The normalized spacial score (nSPS) is 20.9. The van der Waals surface area contributed by atoms with Gasteiger partial charge in [0.15, 0.2) is 0 Å². The maximum absolute atomic E-state index is 12.6. The Morgan fingerprint density at radius 2 is 2.47 bits per heavy atom. The van der Waals surface area contributed by atoms with Gasteiger partial charge in [-0.25, -0.2) is 4.39 Å². The Labute approximate surface area is 104 Å². The molecular formula is C12H16FIO. The summed E-state index contributed by atoms with van der Waals surface area (Å²) in [5.74, 6) is 0.204. The first-order valence-electron chi connectivity index (χ1n) is 5.17. The highest BCUT2D eigenvalue weighted by Crippen LogP contribution is 2.17. The molecule has 0 aliphatic heterocycles. The zero-order valence-electron chi connectivity index (χ0n) is 8.66. The van der Waals surface area contributed by atoms with Crippen molar-refractivity contribution in [3.05, 3.63) is 36.2 Å². The molecule has 0 heterocycles. The van der Waals surface area contributed by atoms with Crippen molar-refractivity contribution < 1.29 is 9.13 Å². The Hall–Kier alpha value is -0.160. The van der Waals surface area contributed by atoms with E-state index in [4.69, 9.17) is 4.74 Å². The number of hydrogen-bond acceptors (Lipinski definition) is 1. The van der Waals surface area contributed by atoms with Crippen molar-refractivity contribution in [2.24, 2.45) is 5.92 Å². The average Bonchev–Trinajstić information content (AvgIpc) is 2.26. The van der Waals surface area contributed by atoms with Crippen molar-refractivity contribution in [2.75, 3.05) is 17.6 Å². The van der Waals surface area contributed by atoms with Crippen LogP contribution < -0.4 is 0 Å². The second-order valence-electron chi connectivity index (χ2n) is 3.39. The van der Waals surface area contributed by atoms with Gasteiger partial charge in [-0.05, 0) is 30.9 Å². The fourth-order valence-electron chi connectivity index (χ4n) is 1.29. The maximum atomic E-state index is 12.6. The molecule has 0 aromatic carbocycles. The number of alkyl halides is 1. The summed E-state index contributed by atoms with van der Waals surface area (Å²) in [5, 5.41) is 0. The van der Waals surface area contributed by atoms with Crippen LogP contribution in [0.4, 0.5) is 4.39 Å². The molecule has 0 radical (unpaired) electrons. The highest BCUT2D eigenvalue weighted by Gasteiger charge is 2.03. The molecule has 1 aliphatic rings. The Balaban J connectivity index is 2.09. The molecule has 0 spiro atoms. The first kappa shape index (κ1) is 12.9. The van der Waals surface area contributed by atoms with Crippen molar-refractivity contribution >= 4 is 22.6 Å². The summed E-state index contributed by atoms with van der Waals surface area (Å²) in [6.07, 6.45) is 11.0. The fraction of sp³-hybridized carbons (Fsp3) is 0.500. The minimum Gasteiger partial charge on any atom is -0.377 e. The molecule has 0 amide bonds. The maximum Gasteiger partial charge on any atom is 0.118 e. The number of halogens is 2. The van der Waals surface area contributed by atoms with Gasteiger partial charge in [0.05, 0.1) is 6.61 Å². The van der Waals surface area contributed by atoms with Crippen LogP contribution in [0.1, 0.15) is 12.8 Å². The van der Waals surface area contributed by atoms with E-state index in [9.17, 15) is 4.39 Å². The molecule has 1 unspecified atom stereocenters. The monoisotopic (exact) mass is 322 g/mol. The fourth-order valence-corrected chi connectivity index (χ4v) is 1.60. The third-order valence-corrected chi connectivity index (χ3v) is 2.87. The van der Waals surface area contributed by atoms with Crippen LogP contribution in [0.2, 0.25) is 0 Å². The quantitative estimate of drug-likeness (QED) is 0.313. The molecule has 0 fully saturated rings. The SMILES string of the molecule is FC1=CCC(C=CCOCCCI)C=C1. The molecule has 0 bridgehead atoms. The van der Waals surface area contributed by atoms with Gasteiger partial charge in [-0.1, -0.05) is 40.8 Å². The Morgan fingerprint density at radius 1 is 1.60 bits per heavy atom. The standard InChI is InChI=1S/C12H16FIO/c13-12-6-4-11(5-7-12)3-1-9-15-10-2-8-14/h1,3-4,6-7,11H,2,5,8-10H2. The van der Waals surface area contributed by atoms with Crippen LogP contribution in [0.5, 0.6) is 0 Å². The van der Waals surface area contributed by atoms with Crippen molar-refractivity contribution in [2.45, 2.75) is 12.8 Å². The van der Waals surface area contributed by atoms with Gasteiger partial charge in [-0.15, -0.1) is 0 Å². The van der Waals surface area contributed by atoms with Crippen molar-refractivity contribution in [1.29, 1.82) is 0 Å². The Bertz CT molecular complexity index is 258. The second-order valence-corrected chi connectivity index (χ2v) is 4.47. The summed E-state index contributed by atoms with van der Waals surface area (Å²) < 4.78 is 19.1. The van der Waals surface area contributed by atoms with E-state index in [0.717, 1.165) is 23.9 Å². The van der Waals surface area contributed by atoms with Gasteiger partial charge in [0.1, 0.15) is 5.83 Å². The predicted molar refractivity (Wildman–Crippen MR) is 69.9 cm³/mol. The number of rotatable bonds is 6. The first-order valence-corrected chi connectivity index (χ1v) is 6.69. The van der Waals surface area contributed by atoms with Gasteiger partial charge < -0.3 is 4.74 Å². The molecule has 1 aliphatic carbocycles. The predicted octanol–water partition coefficient (Wildman–Crippen LogP) is 3.81. The van der Waals surface area contributed by atoms with Gasteiger partial charge in [0.25, 0.3) is 0 Å². The topological polar surface area (TPSA) is 9.23 Å². The third kappa shape index (κ3) is 6.10. The zero-order chi connectivity index (χ0) is 10.9. The minimum absolute atomic E-state index is 0.127. The minimum atomic E-state index is -0.127. The van der Waals surface area contributed by atoms with Crippen molar-refractivity contribution in [3.63, 3.8) is 0 Å². The lowest BCUT2D eigenvalue weighted by molar-refractivity contribution is 0.164. The lowest BCUT2D eigenvalue weighted by Gasteiger charge is -2.08. The molecule has 0 aromatic heterocycles. The van der Waals surface area contributed by atoms with Crippen molar-refractivity contribution in [3.8, 4) is 0 Å². The summed E-state index contributed by atoms with van der Waals surface area (Å²) in [7, 11) is 0. The van der Waals surface area contributed by atoms with Crippen molar-refractivity contribution in [1.82, 2.24) is 0 Å². The molecule has 3 heteroatoms. The van der Waals surface area contributed by atoms with E-state index in [2.05, 4.69) is 28.7 Å². The molecule has 0 saturated heterocycles. The molecule has 0 saturated carbocycles. The number of hydrogen-bond donors (Lipinski definition) is 0. The van der Waals surface area contributed by atoms with E-state index in [-0.39, 0.29) is 5.83 Å². The first-order chi connectivity index (χ1) is 7.33. The Morgan fingerprint density at radius 3 is 3.13 bits per heavy atom. The van der Waals surface area contributed by atoms with Crippen LogP contribution >= 0.6 is 22.6 Å². The van der Waals surface area contributed by atoms with E-state index in [0.29, 0.717) is 12.5 Å². The smallest absolute Gasteiger partial charge is 0.118 e. The summed E-state index contributed by atoms with van der Waals surface area (Å²) in [6, 6.07) is 0. The highest BCUT2D eigenvalue weighted by molar-refractivity contribution is 14.1. The van der Waals surface area contributed by atoms with Gasteiger partial charge >= 0.3 is 0 Å². The van der Waals surface area contributed by atoms with Gasteiger partial charge in [-0.3, -0.25) is 0 Å². The highest BCUT2D eigenvalue weighted by atomic mass is 127. The van der Waals surface area contributed by atoms with E-state index in [1.807, 2.05) is 12.2 Å². The van der Waals surface area contributed by atoms with E-state index in [1.54, 1.807) is 6.08 Å². The van der Waals surface area contributed by atoms with E-state index >= 15 is 0 Å². The van der Waals surface area contributed by atoms with Crippen LogP contribution in [0, 0.1) is 5.92 Å². The molecule has 15 heavy (non-hydrogen) atoms. The van der Waals surface area contributed by atoms with Crippen LogP contribution in [-0.4, -0.2) is 17.6 Å². The van der Waals surface area contributed by atoms with Crippen LogP contribution in [0.3, 0.4) is 0 Å². The third-order valence-electron chi connectivity index (χ3n) is 2.11. The second kappa shape index (κ2) is 8.05. The largest absolute Gasteiger partial charge is 0.377 e. The summed E-state index contributed by atoms with van der Waals surface area (Å²) >= 11 is 2.34. The van der Waals surface area contributed by atoms with Crippen LogP contribution in [0.25, 0.3) is 0 Å². The average molecular weight is 322 g/mol. The van der Waals surface area contributed by atoms with Gasteiger partial charge in [0.2, 0.25) is 0 Å². The molecule has 1 atom stereocenters. The van der Waals surface area contributed by atoms with E-state index < -0.39 is 0 Å². The molecule has 1 nitrogen and oxygen atoms in total. The van der Waals surface area contributed by atoms with Gasteiger partial charge in [-0.2, -0.15) is 0 Å². The molecule has 84 valence electrons. The summed E-state index contributed by atoms with van der Waals surface area (Å²) in [5.41, 5.74) is 0. The van der Waals surface area contributed by atoms with Gasteiger partial charge in [0, 0.05) is 11.0 Å². The number of allylic oxidation sites excluding steroid dienone is 5. The molecule has 1 rings (SSSR count). The molecule has 0 N–H and O–H groups in total. The number of ether oxygens (including phenoxy) is 1. The Kier molecular flexibility index (Phi) is 6.92. The van der Waals surface area contributed by atoms with Crippen LogP contribution in [0.15, 0.2) is 36.2 Å². The zero-order valence-corrected chi connectivity index (χ0v) is 10.8. The summed E-state index contributed by atoms with van der Waals surface area (Å²) in [6.45, 7) is 1.48. The lowest BCUT2D eigenvalue weighted by atomic mass is 10.0. The molecule has 0 aromatic rings. The summed E-state index contributed by atoms with van der Waals surface area (Å²) in [4.78, 5) is 0.